The first-order valence-corrected chi connectivity index (χ1v) is 9.99. The number of aromatic nitrogens is 1. The zero-order valence-corrected chi connectivity index (χ0v) is 15.1. The molecular weight excluding hydrogens is 395 g/mol. The molecule has 1 saturated heterocycles. The predicted octanol–water partition coefficient (Wildman–Crippen LogP) is 2.03. The Bertz CT molecular complexity index is 842. The van der Waals surface area contributed by atoms with Crippen molar-refractivity contribution in [2.75, 3.05) is 39.4 Å². The Morgan fingerprint density at radius 2 is 2.00 bits per heavy atom. The Labute approximate surface area is 151 Å². The van der Waals surface area contributed by atoms with Crippen molar-refractivity contribution in [1.29, 1.82) is 0 Å². The first-order chi connectivity index (χ1) is 12.3. The first-order valence-electron chi connectivity index (χ1n) is 7.69. The molecule has 7 nitrogen and oxygen atoms in total. The maximum atomic E-state index is 12.6. The Morgan fingerprint density at radius 3 is 2.65 bits per heavy atom. The zero-order valence-electron chi connectivity index (χ0n) is 13.5. The van der Waals surface area contributed by atoms with Crippen molar-refractivity contribution in [3.63, 3.8) is 0 Å². The molecule has 0 aliphatic carbocycles. The smallest absolute Gasteiger partial charge is 0.379 e. The van der Waals surface area contributed by atoms with Crippen LogP contribution in [0.25, 0.3) is 10.6 Å². The Hall–Kier alpha value is -1.47. The van der Waals surface area contributed by atoms with Gasteiger partial charge >= 0.3 is 6.18 Å². The molecule has 1 N–H and O–H groups in total. The van der Waals surface area contributed by atoms with Crippen LogP contribution in [0.2, 0.25) is 0 Å². The minimum atomic E-state index is -4.64. The van der Waals surface area contributed by atoms with E-state index in [4.69, 9.17) is 4.74 Å². The van der Waals surface area contributed by atoms with Gasteiger partial charge in [0.05, 0.1) is 18.1 Å². The summed E-state index contributed by atoms with van der Waals surface area (Å²) >= 11 is 0.829. The summed E-state index contributed by atoms with van der Waals surface area (Å²) in [5, 5.41) is 3.35. The highest BCUT2D eigenvalue weighted by molar-refractivity contribution is 7.91. The van der Waals surface area contributed by atoms with Crippen LogP contribution in [0.4, 0.5) is 13.2 Å². The van der Waals surface area contributed by atoms with Crippen LogP contribution in [0.5, 0.6) is 0 Å². The third-order valence-electron chi connectivity index (χ3n) is 3.71. The summed E-state index contributed by atoms with van der Waals surface area (Å²) < 4.78 is 74.3. The molecule has 0 saturated carbocycles. The van der Waals surface area contributed by atoms with Crippen molar-refractivity contribution >= 4 is 21.4 Å². The van der Waals surface area contributed by atoms with Gasteiger partial charge in [-0.05, 0) is 12.1 Å². The molecule has 0 bridgehead atoms. The number of nitrogens with one attached hydrogen (secondary N) is 1. The Balaban J connectivity index is 1.63. The van der Waals surface area contributed by atoms with E-state index in [0.717, 1.165) is 30.5 Å². The molecule has 0 aromatic carbocycles. The molecule has 2 aromatic rings. The molecule has 0 atom stereocenters. The van der Waals surface area contributed by atoms with Crippen LogP contribution in [0, 0.1) is 0 Å². The highest BCUT2D eigenvalue weighted by Crippen LogP contribution is 2.35. The van der Waals surface area contributed by atoms with Gasteiger partial charge < -0.3 is 9.26 Å². The molecule has 0 spiro atoms. The van der Waals surface area contributed by atoms with Crippen molar-refractivity contribution in [2.45, 2.75) is 10.4 Å². The second-order valence-electron chi connectivity index (χ2n) is 5.54. The molecule has 0 unspecified atom stereocenters. The molecule has 3 rings (SSSR count). The minimum absolute atomic E-state index is 0.00559. The second-order valence-corrected chi connectivity index (χ2v) is 8.62. The van der Waals surface area contributed by atoms with E-state index >= 15 is 0 Å². The molecule has 12 heteroatoms. The van der Waals surface area contributed by atoms with E-state index in [9.17, 15) is 21.6 Å². The third kappa shape index (κ3) is 4.62. The lowest BCUT2D eigenvalue weighted by Crippen LogP contribution is -2.41. The van der Waals surface area contributed by atoms with Crippen LogP contribution < -0.4 is 4.72 Å². The number of hydrogen-bond donors (Lipinski definition) is 1. The lowest BCUT2D eigenvalue weighted by atomic mass is 10.3. The quantitative estimate of drug-likeness (QED) is 0.783. The molecule has 1 fully saturated rings. The van der Waals surface area contributed by atoms with E-state index in [1.54, 1.807) is 0 Å². The zero-order chi connectivity index (χ0) is 18.8. The molecule has 3 heterocycles. The van der Waals surface area contributed by atoms with Crippen LogP contribution in [0.1, 0.15) is 5.76 Å². The number of morpholine rings is 1. The van der Waals surface area contributed by atoms with Gasteiger partial charge in [0.1, 0.15) is 9.90 Å². The third-order valence-corrected chi connectivity index (χ3v) is 6.77. The number of thiophene rings is 1. The summed E-state index contributed by atoms with van der Waals surface area (Å²) in [6.07, 6.45) is -4.64. The summed E-state index contributed by atoms with van der Waals surface area (Å²) in [5.74, 6) is -1.23. The molecule has 26 heavy (non-hydrogen) atoms. The fourth-order valence-corrected chi connectivity index (χ4v) is 4.69. The standard InChI is InChI=1S/C14H16F3N3O4S2/c15-14(16,17)12-9-10(19-24-12)11-1-2-13(25-11)26(21,22)18-3-4-20-5-7-23-8-6-20/h1-2,9,18H,3-8H2. The average molecular weight is 411 g/mol. The Morgan fingerprint density at radius 1 is 1.27 bits per heavy atom. The van der Waals surface area contributed by atoms with Crippen LogP contribution in [-0.4, -0.2) is 57.9 Å². The maximum Gasteiger partial charge on any atom is 0.452 e. The lowest BCUT2D eigenvalue weighted by Gasteiger charge is -2.26. The normalized spacial score (nSPS) is 16.9. The average Bonchev–Trinajstić information content (AvgIpc) is 3.25. The maximum absolute atomic E-state index is 12.6. The van der Waals surface area contributed by atoms with E-state index in [0.29, 0.717) is 19.8 Å². The van der Waals surface area contributed by atoms with E-state index < -0.39 is 22.0 Å². The van der Waals surface area contributed by atoms with Crippen molar-refractivity contribution in [2.24, 2.45) is 0 Å². The number of halogens is 3. The highest BCUT2D eigenvalue weighted by atomic mass is 32.2. The predicted molar refractivity (Wildman–Crippen MR) is 87.3 cm³/mol. The second kappa shape index (κ2) is 7.64. The lowest BCUT2D eigenvalue weighted by molar-refractivity contribution is -0.155. The van der Waals surface area contributed by atoms with Gasteiger partial charge in [0.25, 0.3) is 0 Å². The largest absolute Gasteiger partial charge is 0.452 e. The summed E-state index contributed by atoms with van der Waals surface area (Å²) in [5.41, 5.74) is -0.0582. The van der Waals surface area contributed by atoms with E-state index in [-0.39, 0.29) is 21.3 Å². The molecule has 144 valence electrons. The fraction of sp³-hybridized carbons (Fsp3) is 0.500. The summed E-state index contributed by atoms with van der Waals surface area (Å²) in [6.45, 7) is 3.53. The van der Waals surface area contributed by atoms with Crippen molar-refractivity contribution < 1.29 is 30.8 Å². The van der Waals surface area contributed by atoms with Gasteiger partial charge in [-0.1, -0.05) is 5.16 Å². The highest BCUT2D eigenvalue weighted by Gasteiger charge is 2.36. The van der Waals surface area contributed by atoms with Gasteiger partial charge in [-0.25, -0.2) is 13.1 Å². The molecule has 1 aliphatic rings. The summed E-state index contributed by atoms with van der Waals surface area (Å²) in [7, 11) is -3.74. The van der Waals surface area contributed by atoms with Crippen molar-refractivity contribution in [3.8, 4) is 10.6 Å². The van der Waals surface area contributed by atoms with Gasteiger partial charge in [0.15, 0.2) is 0 Å². The van der Waals surface area contributed by atoms with Crippen molar-refractivity contribution in [1.82, 2.24) is 14.8 Å². The topological polar surface area (TPSA) is 84.7 Å². The van der Waals surface area contributed by atoms with Gasteiger partial charge in [-0.3, -0.25) is 4.90 Å². The molecule has 2 aromatic heterocycles. The van der Waals surface area contributed by atoms with Gasteiger partial charge in [0.2, 0.25) is 15.8 Å². The number of sulfonamides is 1. The van der Waals surface area contributed by atoms with E-state index in [2.05, 4.69) is 19.3 Å². The minimum Gasteiger partial charge on any atom is -0.379 e. The number of hydrogen-bond acceptors (Lipinski definition) is 7. The summed E-state index contributed by atoms with van der Waals surface area (Å²) in [4.78, 5) is 2.36. The first kappa shape index (κ1) is 19.3. The molecule has 0 amide bonds. The molecule has 0 radical (unpaired) electrons. The van der Waals surface area contributed by atoms with Gasteiger partial charge in [-0.2, -0.15) is 13.2 Å². The number of rotatable bonds is 6. The van der Waals surface area contributed by atoms with Crippen LogP contribution in [0.15, 0.2) is 26.9 Å². The number of ether oxygens (including phenoxy) is 1. The van der Waals surface area contributed by atoms with Crippen LogP contribution >= 0.6 is 11.3 Å². The molecule has 1 aliphatic heterocycles. The van der Waals surface area contributed by atoms with Crippen LogP contribution in [0.3, 0.4) is 0 Å². The molecular formula is C14H16F3N3O4S2. The monoisotopic (exact) mass is 411 g/mol. The van der Waals surface area contributed by atoms with Gasteiger partial charge in [0, 0.05) is 32.2 Å². The fourth-order valence-electron chi connectivity index (χ4n) is 2.36. The van der Waals surface area contributed by atoms with E-state index in [1.807, 2.05) is 0 Å². The van der Waals surface area contributed by atoms with Crippen molar-refractivity contribution in [3.05, 3.63) is 24.0 Å². The number of alkyl halides is 3. The number of nitrogens with zero attached hydrogens (tertiary/aromatic N) is 2. The van der Waals surface area contributed by atoms with Gasteiger partial charge in [-0.15, -0.1) is 11.3 Å². The summed E-state index contributed by atoms with van der Waals surface area (Å²) in [6, 6.07) is 3.48. The SMILES string of the molecule is O=S(=O)(NCCN1CCOCC1)c1ccc(-c2cc(C(F)(F)F)on2)s1. The Kier molecular flexibility index (Phi) is 5.67. The van der Waals surface area contributed by atoms with E-state index in [1.165, 1.54) is 12.1 Å². The van der Waals surface area contributed by atoms with Crippen LogP contribution in [-0.2, 0) is 20.9 Å².